The van der Waals surface area contributed by atoms with E-state index in [1.807, 2.05) is 0 Å². The van der Waals surface area contributed by atoms with E-state index < -0.39 is 20.8 Å². The third kappa shape index (κ3) is 128. The maximum atomic E-state index is 8.52. The van der Waals surface area contributed by atoms with Crippen LogP contribution in [0, 0.1) is 0 Å². The number of nitrogens with two attached hydrogens (primary N) is 2. The molecule has 26 heteroatoms. The van der Waals surface area contributed by atoms with Crippen LogP contribution < -0.4 is 11.5 Å². The average Bonchev–Trinajstić information content (AvgIpc) is 2.37. The van der Waals surface area contributed by atoms with Gasteiger partial charge in [0.25, 0.3) is 0 Å². The summed E-state index contributed by atoms with van der Waals surface area (Å²) in [7, 11) is -10.3. The van der Waals surface area contributed by atoms with Gasteiger partial charge in [-0.15, -0.1) is 0 Å². The summed E-state index contributed by atoms with van der Waals surface area (Å²) in [4.78, 5) is 14.6. The first-order chi connectivity index (χ1) is 10.8. The van der Waals surface area contributed by atoms with Crippen LogP contribution in [0.4, 0.5) is 11.9 Å². The smallest absolute Gasteiger partial charge is 0.759 e. The minimum Gasteiger partial charge on any atom is -0.759 e. The first kappa shape index (κ1) is 76.8. The van der Waals surface area contributed by atoms with Crippen molar-refractivity contribution in [3.05, 3.63) is 36.9 Å². The van der Waals surface area contributed by atoms with E-state index in [4.69, 9.17) is 46.5 Å². The fourth-order valence-corrected chi connectivity index (χ4v) is 0.621. The summed E-state index contributed by atoms with van der Waals surface area (Å²) in [6, 6.07) is 3.44. The number of hydrogen-bond donors (Lipinski definition) is 2. The van der Waals surface area contributed by atoms with E-state index in [-0.39, 0.29) is 77.4 Å². The molecule has 0 aliphatic heterocycles. The molecule has 214 valence electrons. The minimum absolute atomic E-state index is 0. The van der Waals surface area contributed by atoms with E-state index in [1.165, 1.54) is 0 Å². The summed E-state index contributed by atoms with van der Waals surface area (Å²) in [6.07, 6.45) is 6.40. The molecule has 34 heavy (non-hydrogen) atoms. The Labute approximate surface area is 213 Å². The van der Waals surface area contributed by atoms with Gasteiger partial charge in [0.1, 0.15) is 0 Å². The molecule has 22 nitrogen and oxygen atoms in total. The van der Waals surface area contributed by atoms with Crippen LogP contribution in [0.15, 0.2) is 36.9 Å². The molecule has 0 fully saturated rings. The normalized spacial score (nSPS) is 6.94. The molecular formula is C8H32Co2N6O16S2+6. The second-order valence-corrected chi connectivity index (χ2v) is 4.66. The van der Waals surface area contributed by atoms with Crippen LogP contribution in [0.2, 0.25) is 0 Å². The van der Waals surface area contributed by atoms with Crippen LogP contribution in [0.1, 0.15) is 0 Å². The zero-order valence-corrected chi connectivity index (χ0v) is 20.3. The number of nitrogens with zero attached hydrogens (tertiary/aromatic N) is 4. The van der Waals surface area contributed by atoms with Gasteiger partial charge >= 0.3 is 33.6 Å². The summed E-state index contributed by atoms with van der Waals surface area (Å²) in [5.41, 5.74) is 10.3. The third-order valence-electron chi connectivity index (χ3n) is 1.17. The Kier molecular flexibility index (Phi) is 93.6. The fourth-order valence-electron chi connectivity index (χ4n) is 0.621. The molecule has 0 aliphatic rings. The largest absolute Gasteiger partial charge is 2.00 e. The number of rotatable bonds is 0. The van der Waals surface area contributed by atoms with Crippen LogP contribution in [0.25, 0.3) is 0 Å². The van der Waals surface area contributed by atoms with E-state index >= 15 is 0 Å². The second-order valence-electron chi connectivity index (χ2n) is 3.03. The molecule has 0 aromatic carbocycles. The van der Waals surface area contributed by atoms with E-state index in [0.29, 0.717) is 11.9 Å². The Balaban J connectivity index is -0.0000000175. The van der Waals surface area contributed by atoms with E-state index in [0.717, 1.165) is 0 Å². The number of anilines is 2. The van der Waals surface area contributed by atoms with Gasteiger partial charge in [-0.2, -0.15) is 0 Å². The Morgan fingerprint density at radius 3 is 0.706 bits per heavy atom. The second kappa shape index (κ2) is 41.4. The summed E-state index contributed by atoms with van der Waals surface area (Å²) in [6.45, 7) is 0. The van der Waals surface area contributed by atoms with Crippen molar-refractivity contribution in [3.8, 4) is 0 Å². The van der Waals surface area contributed by atoms with E-state index in [1.54, 1.807) is 36.9 Å². The van der Waals surface area contributed by atoms with Gasteiger partial charge < -0.3 is 73.5 Å². The monoisotopic (exact) mass is 650 g/mol. The number of nitrogen functional groups attached to an aromatic ring is 2. The number of hydrogen-bond acceptors (Lipinski definition) is 14. The fraction of sp³-hybridized carbons (Fsp3) is 0. The Hall–Kier alpha value is -1.81. The molecule has 0 spiro atoms. The molecule has 0 unspecified atom stereocenters. The van der Waals surface area contributed by atoms with Gasteiger partial charge in [0, 0.05) is 45.6 Å². The number of aromatic nitrogens is 4. The van der Waals surface area contributed by atoms with E-state index in [2.05, 4.69) is 19.9 Å². The molecule has 2 aromatic heterocycles. The van der Waals surface area contributed by atoms with Crippen molar-refractivity contribution in [3.63, 3.8) is 0 Å². The first-order valence-electron chi connectivity index (χ1n) is 5.17. The predicted octanol–water partition coefficient (Wildman–Crippen LogP) is -9.74. The van der Waals surface area contributed by atoms with Gasteiger partial charge in [-0.05, 0) is 12.1 Å². The molecule has 0 amide bonds. The van der Waals surface area contributed by atoms with Gasteiger partial charge in [-0.1, -0.05) is 0 Å². The zero-order chi connectivity index (χ0) is 19.2. The van der Waals surface area contributed by atoms with Crippen LogP contribution >= 0.6 is 0 Å². The summed E-state index contributed by atoms with van der Waals surface area (Å²) >= 11 is 0. The summed E-state index contributed by atoms with van der Waals surface area (Å²) in [5, 5.41) is 0. The van der Waals surface area contributed by atoms with Gasteiger partial charge in [-0.3, -0.25) is 16.8 Å². The molecule has 0 saturated carbocycles. The molecule has 26 N–H and O–H groups in total. The third-order valence-corrected chi connectivity index (χ3v) is 1.17. The minimum atomic E-state index is -5.17. The Bertz CT molecular complexity index is 693. The topological polar surface area (TPSA) is 525 Å². The van der Waals surface area contributed by atoms with Gasteiger partial charge in [0.05, 0.1) is 0 Å². The summed E-state index contributed by atoms with van der Waals surface area (Å²) < 4.78 is 68.2. The van der Waals surface area contributed by atoms with Crippen molar-refractivity contribution in [2.24, 2.45) is 0 Å². The quantitative estimate of drug-likeness (QED) is 0.152. The van der Waals surface area contributed by atoms with Gasteiger partial charge in [0.2, 0.25) is 11.9 Å². The molecule has 0 aliphatic carbocycles. The van der Waals surface area contributed by atoms with Crippen molar-refractivity contribution < 1.29 is 112 Å². The van der Waals surface area contributed by atoms with Crippen molar-refractivity contribution in [1.29, 1.82) is 0 Å². The average molecular weight is 650 g/mol. The van der Waals surface area contributed by atoms with Crippen molar-refractivity contribution >= 4 is 32.7 Å². The van der Waals surface area contributed by atoms with Crippen LogP contribution in [-0.4, -0.2) is 65.9 Å². The van der Waals surface area contributed by atoms with Gasteiger partial charge in [-0.25, -0.2) is 19.9 Å². The molecule has 0 atom stereocenters. The molecular weight excluding hydrogens is 618 g/mol. The maximum absolute atomic E-state index is 8.52. The first-order valence-corrected chi connectivity index (χ1v) is 7.84. The molecule has 2 heterocycles. The van der Waals surface area contributed by atoms with E-state index in [9.17, 15) is 0 Å². The van der Waals surface area contributed by atoms with Crippen molar-refractivity contribution in [2.75, 3.05) is 11.5 Å². The Morgan fingerprint density at radius 1 is 0.529 bits per heavy atom. The Morgan fingerprint density at radius 2 is 0.647 bits per heavy atom. The van der Waals surface area contributed by atoms with Crippen LogP contribution in [0.5, 0.6) is 0 Å². The van der Waals surface area contributed by atoms with Crippen molar-refractivity contribution in [2.45, 2.75) is 0 Å². The molecule has 2 aromatic rings. The maximum Gasteiger partial charge on any atom is 2.00 e. The zero-order valence-electron chi connectivity index (χ0n) is 16.6. The molecule has 2 rings (SSSR count). The SMILES string of the molecule is Nc1ncccn1.Nc1ncccn1.O.O.O=S(=O)([O-])[O-].O=S(=O)([O-])[O-].[Co+2].[Co+2].[OH3+].[OH3+].[OH3+].[OH3+].[OH3+].[OH3+]. The molecule has 0 bridgehead atoms. The van der Waals surface area contributed by atoms with Crippen LogP contribution in [-0.2, 0) is 87.2 Å². The van der Waals surface area contributed by atoms with Crippen LogP contribution in [0.3, 0.4) is 0 Å². The summed E-state index contributed by atoms with van der Waals surface area (Å²) in [5.74, 6) is 0.644. The van der Waals surface area contributed by atoms with Crippen molar-refractivity contribution in [1.82, 2.24) is 19.9 Å². The molecule has 0 saturated heterocycles. The van der Waals surface area contributed by atoms with Gasteiger partial charge in [0.15, 0.2) is 0 Å². The predicted molar refractivity (Wildman–Crippen MR) is 110 cm³/mol. The standard InChI is InChI=1S/2C4H5N3.2Co.2H2O4S.8H2O/c2*5-4-6-2-1-3-7-4;;;2*1-5(2,3)4;;;;;;;;/h2*1-3H,(H2,5,6,7);;;2*(H2,1,2,3,4);8*1H2/q;;2*+2;;;;;;;;;;/p+2. The molecule has 2 radical (unpaired) electrons.